The lowest BCUT2D eigenvalue weighted by Crippen LogP contribution is -2.40. The summed E-state index contributed by atoms with van der Waals surface area (Å²) in [6, 6.07) is 18.8. The molecule has 3 aromatic carbocycles. The second-order valence-corrected chi connectivity index (χ2v) is 8.55. The van der Waals surface area contributed by atoms with Crippen molar-refractivity contribution in [2.45, 2.75) is 18.0 Å². The maximum atomic E-state index is 13.2. The molecule has 0 saturated carbocycles. The number of benzene rings is 3. The summed E-state index contributed by atoms with van der Waals surface area (Å²) < 4.78 is 53.4. The molecule has 1 N–H and O–H groups in total. The minimum atomic E-state index is -3.96. The zero-order valence-electron chi connectivity index (χ0n) is 16.0. The van der Waals surface area contributed by atoms with Crippen LogP contribution in [0.1, 0.15) is 11.1 Å². The molecule has 0 aromatic heterocycles. The van der Waals surface area contributed by atoms with Gasteiger partial charge in [-0.05, 0) is 47.5 Å². The van der Waals surface area contributed by atoms with Gasteiger partial charge in [-0.3, -0.25) is 4.79 Å². The number of rotatable bonds is 8. The first-order valence-corrected chi connectivity index (χ1v) is 10.6. The van der Waals surface area contributed by atoms with Gasteiger partial charge in [-0.1, -0.05) is 42.5 Å². The summed E-state index contributed by atoms with van der Waals surface area (Å²) in [6.45, 7) is -0.383. The number of nitrogens with one attached hydrogen (secondary N) is 1. The highest BCUT2D eigenvalue weighted by molar-refractivity contribution is 7.89. The zero-order valence-corrected chi connectivity index (χ0v) is 16.8. The molecule has 0 fully saturated rings. The van der Waals surface area contributed by atoms with Gasteiger partial charge in [-0.2, -0.15) is 4.31 Å². The molecule has 0 bridgehead atoms. The van der Waals surface area contributed by atoms with E-state index < -0.39 is 28.3 Å². The Labute approximate surface area is 174 Å². The van der Waals surface area contributed by atoms with E-state index in [4.69, 9.17) is 0 Å². The molecule has 0 heterocycles. The molecule has 8 heteroatoms. The summed E-state index contributed by atoms with van der Waals surface area (Å²) in [6.07, 6.45) is 0. The van der Waals surface area contributed by atoms with Crippen LogP contribution >= 0.6 is 0 Å². The van der Waals surface area contributed by atoms with Crippen molar-refractivity contribution in [3.63, 3.8) is 0 Å². The molecule has 30 heavy (non-hydrogen) atoms. The number of carbonyl (C=O) groups is 1. The Kier molecular flexibility index (Phi) is 6.91. The molecule has 0 spiro atoms. The topological polar surface area (TPSA) is 66.5 Å². The third kappa shape index (κ3) is 5.71. The molecule has 0 atom stereocenters. The van der Waals surface area contributed by atoms with Crippen LogP contribution in [0.4, 0.5) is 8.78 Å². The number of hydrogen-bond acceptors (Lipinski definition) is 3. The third-order valence-corrected chi connectivity index (χ3v) is 6.18. The van der Waals surface area contributed by atoms with Crippen LogP contribution in [0.25, 0.3) is 0 Å². The van der Waals surface area contributed by atoms with Gasteiger partial charge in [-0.25, -0.2) is 17.2 Å². The first kappa shape index (κ1) is 21.6. The van der Waals surface area contributed by atoms with Gasteiger partial charge in [0.25, 0.3) is 0 Å². The van der Waals surface area contributed by atoms with Crippen LogP contribution < -0.4 is 5.32 Å². The van der Waals surface area contributed by atoms with E-state index in [1.807, 2.05) is 0 Å². The normalized spacial score (nSPS) is 11.4. The molecule has 0 saturated heterocycles. The van der Waals surface area contributed by atoms with Gasteiger partial charge in [0, 0.05) is 13.1 Å². The molecule has 3 rings (SSSR count). The van der Waals surface area contributed by atoms with Gasteiger partial charge in [0.1, 0.15) is 11.6 Å². The average molecular weight is 430 g/mol. The fourth-order valence-electron chi connectivity index (χ4n) is 2.78. The number of carbonyl (C=O) groups excluding carboxylic acids is 1. The Morgan fingerprint density at radius 2 is 1.33 bits per heavy atom. The van der Waals surface area contributed by atoms with Crippen LogP contribution in [0, 0.1) is 11.6 Å². The molecule has 5 nitrogen and oxygen atoms in total. The van der Waals surface area contributed by atoms with E-state index in [-0.39, 0.29) is 23.8 Å². The van der Waals surface area contributed by atoms with E-state index >= 15 is 0 Å². The van der Waals surface area contributed by atoms with Crippen molar-refractivity contribution < 1.29 is 22.0 Å². The maximum Gasteiger partial charge on any atom is 0.243 e. The monoisotopic (exact) mass is 430 g/mol. The van der Waals surface area contributed by atoms with Crippen LogP contribution in [-0.2, 0) is 27.9 Å². The number of sulfonamides is 1. The van der Waals surface area contributed by atoms with Crippen molar-refractivity contribution in [3.8, 4) is 0 Å². The second-order valence-electron chi connectivity index (χ2n) is 6.62. The van der Waals surface area contributed by atoms with Gasteiger partial charge in [0.2, 0.25) is 15.9 Å². The molecule has 3 aromatic rings. The fraction of sp³-hybridized carbons (Fsp3) is 0.136. The molecule has 0 aliphatic heterocycles. The lowest BCUT2D eigenvalue weighted by Gasteiger charge is -2.22. The number of nitrogens with zero attached hydrogens (tertiary/aromatic N) is 1. The third-order valence-electron chi connectivity index (χ3n) is 4.38. The summed E-state index contributed by atoms with van der Waals surface area (Å²) in [5.74, 6) is -1.33. The minimum Gasteiger partial charge on any atom is -0.351 e. The quantitative estimate of drug-likeness (QED) is 0.595. The van der Waals surface area contributed by atoms with Crippen molar-refractivity contribution in [3.05, 3.63) is 102 Å². The number of amides is 1. The zero-order chi connectivity index (χ0) is 21.6. The molecule has 0 radical (unpaired) electrons. The first-order chi connectivity index (χ1) is 14.3. The Balaban J connectivity index is 1.77. The Morgan fingerprint density at radius 3 is 1.90 bits per heavy atom. The maximum absolute atomic E-state index is 13.2. The van der Waals surface area contributed by atoms with Crippen molar-refractivity contribution in [1.82, 2.24) is 9.62 Å². The van der Waals surface area contributed by atoms with Crippen LogP contribution in [0.2, 0.25) is 0 Å². The van der Waals surface area contributed by atoms with Crippen molar-refractivity contribution in [1.29, 1.82) is 0 Å². The van der Waals surface area contributed by atoms with Crippen molar-refractivity contribution >= 4 is 15.9 Å². The van der Waals surface area contributed by atoms with Gasteiger partial charge in [0.15, 0.2) is 0 Å². The molecular weight excluding hydrogens is 410 g/mol. The highest BCUT2D eigenvalue weighted by atomic mass is 32.2. The molecule has 0 unspecified atom stereocenters. The molecule has 0 aliphatic carbocycles. The van der Waals surface area contributed by atoms with Crippen molar-refractivity contribution in [2.75, 3.05) is 6.54 Å². The lowest BCUT2D eigenvalue weighted by atomic mass is 10.2. The van der Waals surface area contributed by atoms with Gasteiger partial charge in [0.05, 0.1) is 11.4 Å². The van der Waals surface area contributed by atoms with Crippen LogP contribution in [0.15, 0.2) is 83.8 Å². The predicted molar refractivity (Wildman–Crippen MR) is 109 cm³/mol. The average Bonchev–Trinajstić information content (AvgIpc) is 2.75. The summed E-state index contributed by atoms with van der Waals surface area (Å²) in [7, 11) is -3.96. The smallest absolute Gasteiger partial charge is 0.243 e. The predicted octanol–water partition coefficient (Wildman–Crippen LogP) is 3.47. The largest absolute Gasteiger partial charge is 0.351 e. The van der Waals surface area contributed by atoms with Gasteiger partial charge >= 0.3 is 0 Å². The SMILES string of the molecule is O=C(CN(Cc1ccc(F)cc1)S(=O)(=O)c1ccccc1)NCc1ccc(F)cc1. The van der Waals surface area contributed by atoms with E-state index in [2.05, 4.69) is 5.32 Å². The van der Waals surface area contributed by atoms with Gasteiger partial charge in [-0.15, -0.1) is 0 Å². The Hall–Kier alpha value is -3.10. The van der Waals surface area contributed by atoms with Crippen LogP contribution in [0.3, 0.4) is 0 Å². The highest BCUT2D eigenvalue weighted by Gasteiger charge is 2.26. The Bertz CT molecular complexity index is 1090. The van der Waals surface area contributed by atoms with Gasteiger partial charge < -0.3 is 5.32 Å². The molecule has 1 amide bonds. The minimum absolute atomic E-state index is 0.0541. The summed E-state index contributed by atoms with van der Waals surface area (Å²) in [4.78, 5) is 12.5. The van der Waals surface area contributed by atoms with E-state index in [0.29, 0.717) is 11.1 Å². The van der Waals surface area contributed by atoms with E-state index in [0.717, 1.165) is 4.31 Å². The summed E-state index contributed by atoms with van der Waals surface area (Å²) in [5.41, 5.74) is 1.22. The Morgan fingerprint density at radius 1 is 0.800 bits per heavy atom. The number of halogens is 2. The summed E-state index contributed by atoms with van der Waals surface area (Å²) >= 11 is 0. The summed E-state index contributed by atoms with van der Waals surface area (Å²) in [5, 5.41) is 2.64. The number of hydrogen-bond donors (Lipinski definition) is 1. The first-order valence-electron chi connectivity index (χ1n) is 9.15. The molecular formula is C22H20F2N2O3S. The lowest BCUT2D eigenvalue weighted by molar-refractivity contribution is -0.121. The fourth-order valence-corrected chi connectivity index (χ4v) is 4.19. The van der Waals surface area contributed by atoms with Crippen molar-refractivity contribution in [2.24, 2.45) is 0 Å². The molecule has 0 aliphatic rings. The van der Waals surface area contributed by atoms with E-state index in [1.54, 1.807) is 18.2 Å². The van der Waals surface area contributed by atoms with Crippen LogP contribution in [0.5, 0.6) is 0 Å². The van der Waals surface area contributed by atoms with E-state index in [1.165, 1.54) is 60.7 Å². The highest BCUT2D eigenvalue weighted by Crippen LogP contribution is 2.18. The standard InChI is InChI=1S/C22H20F2N2O3S/c23-19-10-6-17(7-11-19)14-25-22(27)16-26(15-18-8-12-20(24)13-9-18)30(28,29)21-4-2-1-3-5-21/h1-13H,14-16H2,(H,25,27). The van der Waals surface area contributed by atoms with E-state index in [9.17, 15) is 22.0 Å². The molecule has 156 valence electrons. The second kappa shape index (κ2) is 9.60. The van der Waals surface area contributed by atoms with Crippen LogP contribution in [-0.4, -0.2) is 25.2 Å².